The van der Waals surface area contributed by atoms with Gasteiger partial charge in [0.2, 0.25) is 7.37 Å². The summed E-state index contributed by atoms with van der Waals surface area (Å²) in [4.78, 5) is 0. The van der Waals surface area contributed by atoms with Gasteiger partial charge in [0.25, 0.3) is 0 Å². The molecule has 0 heterocycles. The topological polar surface area (TPSA) is 26.3 Å². The molecule has 2 nitrogen and oxygen atoms in total. The van der Waals surface area contributed by atoms with Crippen molar-refractivity contribution < 1.29 is 17.9 Å². The molecule has 0 amide bonds. The zero-order valence-corrected chi connectivity index (χ0v) is 8.79. The molecule has 0 atom stereocenters. The highest BCUT2D eigenvalue weighted by molar-refractivity contribution is 9.09. The van der Waals surface area contributed by atoms with Gasteiger partial charge in [-0.25, -0.2) is 0 Å². The van der Waals surface area contributed by atoms with E-state index in [2.05, 4.69) is 4.52 Å². The van der Waals surface area contributed by atoms with E-state index in [0.29, 0.717) is 0 Å². The van der Waals surface area contributed by atoms with Crippen LogP contribution in [-0.2, 0) is 9.09 Å². The first-order chi connectivity index (χ1) is 4.83. The zero-order valence-electron chi connectivity index (χ0n) is 6.31. The van der Waals surface area contributed by atoms with E-state index >= 15 is 0 Å². The Bertz CT molecular complexity index is 160. The fraction of sp³-hybridized carbons (Fsp3) is 1.00. The number of halogens is 3. The summed E-state index contributed by atoms with van der Waals surface area (Å²) in [7, 11) is -3.10. The van der Waals surface area contributed by atoms with Gasteiger partial charge in [0.1, 0.15) is 0 Å². The van der Waals surface area contributed by atoms with Gasteiger partial charge in [-0.1, -0.05) is 13.8 Å². The smallest absolute Gasteiger partial charge is 0.293 e. The lowest BCUT2D eigenvalue weighted by Crippen LogP contribution is -2.11. The standard InChI is InChI=1S/C5H10BrF2O2P/c1-3-11(9,4-2)10-5(6,7)8/h3-4H2,1-2H3. The minimum absolute atomic E-state index is 0.130. The first-order valence-electron chi connectivity index (χ1n) is 3.18. The summed E-state index contributed by atoms with van der Waals surface area (Å²) in [5.74, 6) is 0. The third-order valence-corrected chi connectivity index (χ3v) is 4.13. The minimum atomic E-state index is -3.46. The van der Waals surface area contributed by atoms with Crippen LogP contribution >= 0.6 is 23.3 Å². The average molecular weight is 251 g/mol. The number of hydrogen-bond donors (Lipinski definition) is 0. The number of rotatable bonds is 4. The maximum Gasteiger partial charge on any atom is 0.419 e. The van der Waals surface area contributed by atoms with Crippen LogP contribution in [0.5, 0.6) is 0 Å². The van der Waals surface area contributed by atoms with E-state index in [1.165, 1.54) is 0 Å². The van der Waals surface area contributed by atoms with E-state index in [1.807, 2.05) is 15.9 Å². The second kappa shape index (κ2) is 3.97. The van der Waals surface area contributed by atoms with Crippen molar-refractivity contribution in [3.05, 3.63) is 0 Å². The fourth-order valence-corrected chi connectivity index (χ4v) is 2.42. The van der Waals surface area contributed by atoms with Crippen LogP contribution in [-0.4, -0.2) is 17.3 Å². The van der Waals surface area contributed by atoms with Crippen molar-refractivity contribution >= 4 is 23.3 Å². The second-order valence-corrected chi connectivity index (χ2v) is 5.98. The minimum Gasteiger partial charge on any atom is -0.293 e. The van der Waals surface area contributed by atoms with Crippen LogP contribution in [0.2, 0.25) is 0 Å². The Morgan fingerprint density at radius 3 is 1.91 bits per heavy atom. The quantitative estimate of drug-likeness (QED) is 0.566. The summed E-state index contributed by atoms with van der Waals surface area (Å²) < 4.78 is 39.5. The highest BCUT2D eigenvalue weighted by atomic mass is 79.9. The maximum absolute atomic E-state index is 12.1. The molecule has 0 aromatic heterocycles. The molecule has 68 valence electrons. The molecule has 0 fully saturated rings. The van der Waals surface area contributed by atoms with Gasteiger partial charge < -0.3 is 0 Å². The van der Waals surface area contributed by atoms with Crippen molar-refractivity contribution in [1.29, 1.82) is 0 Å². The summed E-state index contributed by atoms with van der Waals surface area (Å²) in [5.41, 5.74) is 0. The highest BCUT2D eigenvalue weighted by Gasteiger charge is 2.34. The molecule has 0 spiro atoms. The molecule has 0 bridgehead atoms. The third kappa shape index (κ3) is 4.88. The van der Waals surface area contributed by atoms with Crippen LogP contribution in [0.1, 0.15) is 13.8 Å². The van der Waals surface area contributed by atoms with Gasteiger partial charge in [-0.15, -0.1) is 0 Å². The van der Waals surface area contributed by atoms with Crippen molar-refractivity contribution in [2.24, 2.45) is 0 Å². The van der Waals surface area contributed by atoms with Crippen LogP contribution in [0.3, 0.4) is 0 Å². The van der Waals surface area contributed by atoms with Crippen molar-refractivity contribution in [1.82, 2.24) is 0 Å². The Labute approximate surface area is 72.9 Å². The van der Waals surface area contributed by atoms with Crippen LogP contribution < -0.4 is 0 Å². The monoisotopic (exact) mass is 250 g/mol. The summed E-state index contributed by atoms with van der Waals surface area (Å²) in [5, 5.41) is -3.46. The molecule has 0 radical (unpaired) electrons. The molecular weight excluding hydrogens is 241 g/mol. The molecule has 0 saturated carbocycles. The second-order valence-electron chi connectivity index (χ2n) is 1.98. The molecule has 0 aromatic rings. The summed E-state index contributed by atoms with van der Waals surface area (Å²) in [6, 6.07) is 0. The zero-order chi connectivity index (χ0) is 9.12. The fourth-order valence-electron chi connectivity index (χ4n) is 0.541. The Hall–Kier alpha value is 0.530. The molecule has 0 aliphatic heterocycles. The van der Waals surface area contributed by atoms with Crippen LogP contribution in [0.15, 0.2) is 0 Å². The van der Waals surface area contributed by atoms with E-state index < -0.39 is 12.4 Å². The third-order valence-electron chi connectivity index (χ3n) is 1.23. The van der Waals surface area contributed by atoms with Gasteiger partial charge in [0.05, 0.1) is 0 Å². The maximum atomic E-state index is 12.1. The summed E-state index contributed by atoms with van der Waals surface area (Å²) in [6.07, 6.45) is 0.259. The molecule has 0 saturated heterocycles. The van der Waals surface area contributed by atoms with Gasteiger partial charge in [-0.2, -0.15) is 8.78 Å². The highest BCUT2D eigenvalue weighted by Crippen LogP contribution is 2.51. The number of alkyl halides is 3. The molecular formula is C5H10BrF2O2P. The molecule has 6 heteroatoms. The van der Waals surface area contributed by atoms with Gasteiger partial charge in [-0.3, -0.25) is 9.09 Å². The molecule has 0 N–H and O–H groups in total. The Kier molecular flexibility index (Phi) is 4.16. The Balaban J connectivity index is 4.21. The Morgan fingerprint density at radius 2 is 1.82 bits per heavy atom. The largest absolute Gasteiger partial charge is 0.419 e. The van der Waals surface area contributed by atoms with Crippen LogP contribution in [0, 0.1) is 0 Å². The van der Waals surface area contributed by atoms with Crippen molar-refractivity contribution in [2.75, 3.05) is 12.3 Å². The first-order valence-corrected chi connectivity index (χ1v) is 5.97. The Morgan fingerprint density at radius 1 is 1.45 bits per heavy atom. The normalized spacial score (nSPS) is 13.5. The molecule has 11 heavy (non-hydrogen) atoms. The predicted octanol–water partition coefficient (Wildman–Crippen LogP) is 3.27. The molecule has 0 rings (SSSR count). The van der Waals surface area contributed by atoms with E-state index in [-0.39, 0.29) is 12.3 Å². The molecule has 0 aliphatic rings. The van der Waals surface area contributed by atoms with E-state index in [9.17, 15) is 13.3 Å². The number of hydrogen-bond acceptors (Lipinski definition) is 2. The molecule has 0 aromatic carbocycles. The van der Waals surface area contributed by atoms with E-state index in [1.54, 1.807) is 13.8 Å². The van der Waals surface area contributed by atoms with Crippen LogP contribution in [0.25, 0.3) is 0 Å². The first kappa shape index (κ1) is 11.5. The van der Waals surface area contributed by atoms with Crippen LogP contribution in [0.4, 0.5) is 8.78 Å². The lowest BCUT2D eigenvalue weighted by Gasteiger charge is -2.17. The van der Waals surface area contributed by atoms with E-state index in [4.69, 9.17) is 0 Å². The lowest BCUT2D eigenvalue weighted by molar-refractivity contribution is -0.0782. The summed E-state index contributed by atoms with van der Waals surface area (Å²) in [6.45, 7) is 3.12. The predicted molar refractivity (Wildman–Crippen MR) is 43.6 cm³/mol. The van der Waals surface area contributed by atoms with Crippen molar-refractivity contribution in [2.45, 2.75) is 18.9 Å². The van der Waals surface area contributed by atoms with Crippen molar-refractivity contribution in [3.63, 3.8) is 0 Å². The SMILES string of the molecule is CCP(=O)(CC)OC(F)(F)Br. The molecule has 0 unspecified atom stereocenters. The lowest BCUT2D eigenvalue weighted by atomic mass is 11.0. The average Bonchev–Trinajstić information content (AvgIpc) is 1.84. The van der Waals surface area contributed by atoms with Gasteiger partial charge in [-0.05, 0) is 0 Å². The van der Waals surface area contributed by atoms with Gasteiger partial charge in [0.15, 0.2) is 0 Å². The summed E-state index contributed by atoms with van der Waals surface area (Å²) >= 11 is 1.97. The molecule has 0 aliphatic carbocycles. The van der Waals surface area contributed by atoms with E-state index in [0.717, 1.165) is 0 Å². The van der Waals surface area contributed by atoms with Crippen molar-refractivity contribution in [3.8, 4) is 0 Å². The van der Waals surface area contributed by atoms with Gasteiger partial charge >= 0.3 is 5.02 Å². The van der Waals surface area contributed by atoms with Gasteiger partial charge in [0, 0.05) is 28.3 Å².